The van der Waals surface area contributed by atoms with Crippen LogP contribution in [0.25, 0.3) is 10.9 Å². The van der Waals surface area contributed by atoms with E-state index in [0.29, 0.717) is 5.88 Å². The molecule has 0 spiro atoms. The smallest absolute Gasteiger partial charge is 0.269 e. The van der Waals surface area contributed by atoms with Crippen LogP contribution in [0, 0.1) is 10.1 Å². The third kappa shape index (κ3) is 3.34. The first-order chi connectivity index (χ1) is 12.9. The van der Waals surface area contributed by atoms with E-state index in [9.17, 15) is 18.5 Å². The minimum absolute atomic E-state index is 0.0235. The molecule has 1 aromatic heterocycles. The fourth-order valence-electron chi connectivity index (χ4n) is 2.84. The van der Waals surface area contributed by atoms with Gasteiger partial charge in [0, 0.05) is 23.6 Å². The van der Waals surface area contributed by atoms with Crippen LogP contribution in [0.1, 0.15) is 0 Å². The Kier molecular flexibility index (Phi) is 4.25. The van der Waals surface area contributed by atoms with Crippen LogP contribution in [-0.4, -0.2) is 41.8 Å². The summed E-state index contributed by atoms with van der Waals surface area (Å²) >= 11 is 0. The van der Waals surface area contributed by atoms with Crippen LogP contribution in [-0.2, 0) is 10.0 Å². The molecule has 27 heavy (non-hydrogen) atoms. The van der Waals surface area contributed by atoms with Crippen molar-refractivity contribution in [2.75, 3.05) is 13.1 Å². The summed E-state index contributed by atoms with van der Waals surface area (Å²) in [6, 6.07) is 16.2. The first-order valence-corrected chi connectivity index (χ1v) is 9.64. The zero-order chi connectivity index (χ0) is 19.0. The molecule has 0 bridgehead atoms. The lowest BCUT2D eigenvalue weighted by molar-refractivity contribution is -0.384. The molecule has 2 heterocycles. The van der Waals surface area contributed by atoms with Crippen LogP contribution in [0.4, 0.5) is 5.69 Å². The molecule has 0 amide bonds. The minimum Gasteiger partial charge on any atom is -0.472 e. The van der Waals surface area contributed by atoms with Crippen molar-refractivity contribution < 1.29 is 18.1 Å². The SMILES string of the molecule is O=[N+]([O-])c1ccc(S(=O)(=O)N2CC(Oc3ccc4ccccc4n3)C2)cc1. The molecule has 4 rings (SSSR count). The molecule has 1 aliphatic rings. The summed E-state index contributed by atoms with van der Waals surface area (Å²) in [6.07, 6.45) is -0.286. The second-order valence-corrected chi connectivity index (χ2v) is 8.09. The number of sulfonamides is 1. The number of benzene rings is 2. The molecule has 1 aliphatic heterocycles. The normalized spacial score (nSPS) is 15.4. The van der Waals surface area contributed by atoms with E-state index in [1.165, 1.54) is 28.6 Å². The second kappa shape index (κ2) is 6.60. The number of hydrogen-bond acceptors (Lipinski definition) is 6. The van der Waals surface area contributed by atoms with E-state index in [1.54, 1.807) is 6.07 Å². The third-order valence-electron chi connectivity index (χ3n) is 4.36. The predicted octanol–water partition coefficient (Wildman–Crippen LogP) is 2.59. The maximum absolute atomic E-state index is 12.6. The van der Waals surface area contributed by atoms with E-state index in [2.05, 4.69) is 4.98 Å². The van der Waals surface area contributed by atoms with Crippen molar-refractivity contribution in [3.63, 3.8) is 0 Å². The Morgan fingerprint density at radius 2 is 1.74 bits per heavy atom. The van der Waals surface area contributed by atoms with E-state index >= 15 is 0 Å². The average molecular weight is 385 g/mol. The van der Waals surface area contributed by atoms with E-state index in [1.807, 2.05) is 30.3 Å². The molecular weight excluding hydrogens is 370 g/mol. The van der Waals surface area contributed by atoms with Gasteiger partial charge >= 0.3 is 0 Å². The average Bonchev–Trinajstić information content (AvgIpc) is 2.64. The minimum atomic E-state index is -3.69. The number of para-hydroxylation sites is 1. The van der Waals surface area contributed by atoms with Gasteiger partial charge in [-0.25, -0.2) is 13.4 Å². The van der Waals surface area contributed by atoms with Crippen molar-refractivity contribution in [3.05, 3.63) is 70.8 Å². The van der Waals surface area contributed by atoms with Crippen molar-refractivity contribution >= 4 is 26.6 Å². The molecular formula is C18H15N3O5S. The van der Waals surface area contributed by atoms with Gasteiger partial charge in [-0.1, -0.05) is 18.2 Å². The first-order valence-electron chi connectivity index (χ1n) is 8.20. The first kappa shape index (κ1) is 17.4. The quantitative estimate of drug-likeness (QED) is 0.494. The van der Waals surface area contributed by atoms with Crippen LogP contribution in [0.5, 0.6) is 5.88 Å². The topological polar surface area (TPSA) is 103 Å². The van der Waals surface area contributed by atoms with Gasteiger partial charge in [0.2, 0.25) is 15.9 Å². The molecule has 1 saturated heterocycles. The Balaban J connectivity index is 1.42. The summed E-state index contributed by atoms with van der Waals surface area (Å²) in [4.78, 5) is 14.6. The zero-order valence-corrected chi connectivity index (χ0v) is 14.9. The van der Waals surface area contributed by atoms with Crippen molar-refractivity contribution in [3.8, 4) is 5.88 Å². The number of pyridine rings is 1. The number of fused-ring (bicyclic) bond motifs is 1. The second-order valence-electron chi connectivity index (χ2n) is 6.16. The van der Waals surface area contributed by atoms with Crippen LogP contribution in [0.2, 0.25) is 0 Å². The molecule has 2 aromatic carbocycles. The molecule has 8 nitrogen and oxygen atoms in total. The summed E-state index contributed by atoms with van der Waals surface area (Å²) in [5.74, 6) is 0.450. The highest BCUT2D eigenvalue weighted by Gasteiger charge is 2.38. The highest BCUT2D eigenvalue weighted by Crippen LogP contribution is 2.26. The third-order valence-corrected chi connectivity index (χ3v) is 6.21. The summed E-state index contributed by atoms with van der Waals surface area (Å²) in [7, 11) is -3.69. The van der Waals surface area contributed by atoms with Gasteiger partial charge in [0.15, 0.2) is 0 Å². The lowest BCUT2D eigenvalue weighted by atomic mass is 10.2. The van der Waals surface area contributed by atoms with Gasteiger partial charge in [0.1, 0.15) is 6.10 Å². The lowest BCUT2D eigenvalue weighted by Gasteiger charge is -2.37. The number of hydrogen-bond donors (Lipinski definition) is 0. The van der Waals surface area contributed by atoms with Gasteiger partial charge in [-0.2, -0.15) is 4.31 Å². The Hall–Kier alpha value is -3.04. The van der Waals surface area contributed by atoms with Crippen molar-refractivity contribution in [2.45, 2.75) is 11.0 Å². The standard InChI is InChI=1S/C18H15N3O5S/c22-21(23)14-6-8-16(9-7-14)27(24,25)20-11-15(12-20)26-18-10-5-13-3-1-2-4-17(13)19-18/h1-10,15H,11-12H2. The molecule has 0 atom stereocenters. The van der Waals surface area contributed by atoms with E-state index in [-0.39, 0.29) is 29.8 Å². The largest absolute Gasteiger partial charge is 0.472 e. The summed E-state index contributed by atoms with van der Waals surface area (Å²) in [5.41, 5.74) is 0.658. The Morgan fingerprint density at radius 1 is 1.04 bits per heavy atom. The molecule has 1 fully saturated rings. The molecule has 0 saturated carbocycles. The highest BCUT2D eigenvalue weighted by molar-refractivity contribution is 7.89. The number of non-ortho nitro benzene ring substituents is 1. The van der Waals surface area contributed by atoms with E-state index < -0.39 is 14.9 Å². The Bertz CT molecular complexity index is 1110. The van der Waals surface area contributed by atoms with Crippen molar-refractivity contribution in [1.29, 1.82) is 0 Å². The summed E-state index contributed by atoms with van der Waals surface area (Å²) in [6.45, 7) is 0.404. The highest BCUT2D eigenvalue weighted by atomic mass is 32.2. The number of rotatable bonds is 5. The molecule has 0 radical (unpaired) electrons. The van der Waals surface area contributed by atoms with Crippen LogP contribution >= 0.6 is 0 Å². The number of aromatic nitrogens is 1. The zero-order valence-electron chi connectivity index (χ0n) is 14.1. The van der Waals surface area contributed by atoms with Crippen molar-refractivity contribution in [2.24, 2.45) is 0 Å². The fraction of sp³-hybridized carbons (Fsp3) is 0.167. The molecule has 0 unspecified atom stereocenters. The molecule has 0 N–H and O–H groups in total. The summed E-state index contributed by atoms with van der Waals surface area (Å²) in [5, 5.41) is 11.7. The van der Waals surface area contributed by atoms with Gasteiger partial charge in [-0.15, -0.1) is 0 Å². The van der Waals surface area contributed by atoms with E-state index in [0.717, 1.165) is 10.9 Å². The van der Waals surface area contributed by atoms with Gasteiger partial charge in [-0.3, -0.25) is 10.1 Å². The number of nitro groups is 1. The fourth-order valence-corrected chi connectivity index (χ4v) is 4.35. The molecule has 9 heteroatoms. The molecule has 138 valence electrons. The van der Waals surface area contributed by atoms with Gasteiger partial charge in [0.05, 0.1) is 28.4 Å². The Labute approximate surface area is 155 Å². The Morgan fingerprint density at radius 3 is 2.44 bits per heavy atom. The summed E-state index contributed by atoms with van der Waals surface area (Å²) < 4.78 is 32.1. The number of nitro benzene ring substituents is 1. The molecule has 3 aromatic rings. The predicted molar refractivity (Wildman–Crippen MR) is 98.0 cm³/mol. The lowest BCUT2D eigenvalue weighted by Crippen LogP contribution is -2.56. The van der Waals surface area contributed by atoms with Gasteiger partial charge < -0.3 is 4.74 Å². The number of nitrogens with zero attached hydrogens (tertiary/aromatic N) is 3. The molecule has 0 aliphatic carbocycles. The van der Waals surface area contributed by atoms with Crippen LogP contribution < -0.4 is 4.74 Å². The van der Waals surface area contributed by atoms with Gasteiger partial charge in [0.25, 0.3) is 5.69 Å². The maximum Gasteiger partial charge on any atom is 0.269 e. The van der Waals surface area contributed by atoms with Gasteiger partial charge in [-0.05, 0) is 24.3 Å². The van der Waals surface area contributed by atoms with Crippen LogP contribution in [0.3, 0.4) is 0 Å². The monoisotopic (exact) mass is 385 g/mol. The number of ether oxygens (including phenoxy) is 1. The maximum atomic E-state index is 12.6. The van der Waals surface area contributed by atoms with Crippen LogP contribution in [0.15, 0.2) is 65.6 Å². The van der Waals surface area contributed by atoms with Crippen molar-refractivity contribution in [1.82, 2.24) is 9.29 Å². The van der Waals surface area contributed by atoms with E-state index in [4.69, 9.17) is 4.74 Å².